The molecular weight excluding hydrogens is 600 g/mol. The molecule has 0 spiro atoms. The minimum atomic E-state index is -0.795. The first-order valence-electron chi connectivity index (χ1n) is 14.5. The molecule has 3 N–H and O–H groups in total. The summed E-state index contributed by atoms with van der Waals surface area (Å²) in [5, 5.41) is 32.0. The number of hydrogen-bond donors (Lipinski definition) is 3. The van der Waals surface area contributed by atoms with Crippen molar-refractivity contribution in [2.24, 2.45) is 0 Å². The molecule has 0 unspecified atom stereocenters. The summed E-state index contributed by atoms with van der Waals surface area (Å²) in [7, 11) is 0. The van der Waals surface area contributed by atoms with Crippen molar-refractivity contribution < 1.29 is 43.9 Å². The molecule has 6 aromatic carbocycles. The predicted octanol–water partition coefficient (Wildman–Crippen LogP) is 7.69. The molecule has 0 aromatic heterocycles. The van der Waals surface area contributed by atoms with Gasteiger partial charge in [0.15, 0.2) is 5.75 Å². The molecule has 0 amide bonds. The first-order chi connectivity index (χ1) is 22.5. The molecule has 0 saturated heterocycles. The fourth-order valence-electron chi connectivity index (χ4n) is 5.05. The van der Waals surface area contributed by atoms with Crippen molar-refractivity contribution in [2.75, 3.05) is 0 Å². The number of rotatable bonds is 6. The Balaban J connectivity index is 1.50. The molecule has 0 heterocycles. The number of aromatic hydroxyl groups is 3. The van der Waals surface area contributed by atoms with Gasteiger partial charge in [-0.15, -0.1) is 0 Å². The highest BCUT2D eigenvalue weighted by molar-refractivity contribution is 6.12. The van der Waals surface area contributed by atoms with Crippen LogP contribution in [0.25, 0.3) is 21.5 Å². The van der Waals surface area contributed by atoms with E-state index in [2.05, 4.69) is 0 Å². The molecular formula is C38H28O9. The SMILES string of the molecule is Cc1ccc(C(=O)Oc2cccc3c(OC(=O)c4ccc(C)c(O)c4)c4c(OC(=O)c5ccc(C)c(O)c5)cccc4cc23)cc1O. The Morgan fingerprint density at radius 2 is 0.936 bits per heavy atom. The zero-order valence-electron chi connectivity index (χ0n) is 25.5. The fraction of sp³-hybridized carbons (Fsp3) is 0.0789. The lowest BCUT2D eigenvalue weighted by molar-refractivity contribution is 0.0723. The maximum Gasteiger partial charge on any atom is 0.343 e. The summed E-state index contributed by atoms with van der Waals surface area (Å²) in [5.41, 5.74) is 2.07. The number of phenols is 3. The van der Waals surface area contributed by atoms with Crippen LogP contribution in [-0.4, -0.2) is 33.2 Å². The second-order valence-corrected chi connectivity index (χ2v) is 11.1. The largest absolute Gasteiger partial charge is 0.508 e. The summed E-state index contributed by atoms with van der Waals surface area (Å²) < 4.78 is 17.6. The zero-order valence-corrected chi connectivity index (χ0v) is 25.5. The van der Waals surface area contributed by atoms with Crippen molar-refractivity contribution in [3.05, 3.63) is 130 Å². The Labute approximate surface area is 268 Å². The van der Waals surface area contributed by atoms with Crippen molar-refractivity contribution in [3.63, 3.8) is 0 Å². The second-order valence-electron chi connectivity index (χ2n) is 11.1. The molecule has 47 heavy (non-hydrogen) atoms. The monoisotopic (exact) mass is 628 g/mol. The van der Waals surface area contributed by atoms with Gasteiger partial charge in [-0.25, -0.2) is 14.4 Å². The third kappa shape index (κ3) is 6.02. The first-order valence-corrected chi connectivity index (χ1v) is 14.5. The summed E-state index contributed by atoms with van der Waals surface area (Å²) >= 11 is 0. The molecule has 0 atom stereocenters. The Bertz CT molecular complexity index is 2250. The molecule has 0 saturated carbocycles. The number of phenolic OH excluding ortho intramolecular Hbond substituents is 3. The van der Waals surface area contributed by atoms with Crippen LogP contribution in [-0.2, 0) is 0 Å². The van der Waals surface area contributed by atoms with Crippen LogP contribution in [0.3, 0.4) is 0 Å². The third-order valence-corrected chi connectivity index (χ3v) is 7.83. The highest BCUT2D eigenvalue weighted by Gasteiger charge is 2.23. The number of hydrogen-bond acceptors (Lipinski definition) is 9. The van der Waals surface area contributed by atoms with Gasteiger partial charge in [0, 0.05) is 10.8 Å². The summed E-state index contributed by atoms with van der Waals surface area (Å²) in [6.45, 7) is 5.10. The average molecular weight is 629 g/mol. The molecule has 234 valence electrons. The van der Waals surface area contributed by atoms with Crippen LogP contribution in [0.1, 0.15) is 47.8 Å². The van der Waals surface area contributed by atoms with Crippen molar-refractivity contribution in [3.8, 4) is 34.5 Å². The van der Waals surface area contributed by atoms with E-state index < -0.39 is 17.9 Å². The Morgan fingerprint density at radius 1 is 0.489 bits per heavy atom. The number of carbonyl (C=O) groups is 3. The highest BCUT2D eigenvalue weighted by Crippen LogP contribution is 2.44. The average Bonchev–Trinajstić information content (AvgIpc) is 3.05. The van der Waals surface area contributed by atoms with Crippen molar-refractivity contribution in [2.45, 2.75) is 20.8 Å². The molecule has 9 heteroatoms. The van der Waals surface area contributed by atoms with Crippen molar-refractivity contribution in [1.82, 2.24) is 0 Å². The van der Waals surface area contributed by atoms with Crippen LogP contribution < -0.4 is 14.2 Å². The van der Waals surface area contributed by atoms with Gasteiger partial charge in [0.05, 0.1) is 22.1 Å². The molecule has 6 aromatic rings. The number of aryl methyl sites for hydroxylation is 3. The van der Waals surface area contributed by atoms with Gasteiger partial charge in [-0.2, -0.15) is 0 Å². The number of benzene rings is 6. The van der Waals surface area contributed by atoms with E-state index in [0.29, 0.717) is 32.8 Å². The van der Waals surface area contributed by atoms with Crippen LogP contribution in [0.4, 0.5) is 0 Å². The number of fused-ring (bicyclic) bond motifs is 2. The van der Waals surface area contributed by atoms with Gasteiger partial charge in [0.2, 0.25) is 0 Å². The summed E-state index contributed by atoms with van der Waals surface area (Å²) in [5.74, 6) is -2.23. The van der Waals surface area contributed by atoms with Gasteiger partial charge in [-0.05, 0) is 97.4 Å². The molecule has 6 rings (SSSR count). The predicted molar refractivity (Wildman–Crippen MR) is 175 cm³/mol. The summed E-state index contributed by atoms with van der Waals surface area (Å²) in [4.78, 5) is 39.9. The lowest BCUT2D eigenvalue weighted by atomic mass is 10.0. The molecule has 9 nitrogen and oxygen atoms in total. The van der Waals surface area contributed by atoms with E-state index in [1.54, 1.807) is 81.4 Å². The molecule has 0 radical (unpaired) electrons. The Kier molecular flexibility index (Phi) is 7.97. The van der Waals surface area contributed by atoms with Gasteiger partial charge in [0.25, 0.3) is 0 Å². The van der Waals surface area contributed by atoms with Crippen molar-refractivity contribution in [1.29, 1.82) is 0 Å². The van der Waals surface area contributed by atoms with E-state index in [4.69, 9.17) is 14.2 Å². The topological polar surface area (TPSA) is 140 Å². The van der Waals surface area contributed by atoms with E-state index in [9.17, 15) is 29.7 Å². The lowest BCUT2D eigenvalue weighted by Crippen LogP contribution is -2.12. The quantitative estimate of drug-likeness (QED) is 0.0962. The molecule has 0 bridgehead atoms. The maximum absolute atomic E-state index is 13.5. The summed E-state index contributed by atoms with van der Waals surface area (Å²) in [6, 6.07) is 24.7. The minimum absolute atomic E-state index is 0.0172. The van der Waals surface area contributed by atoms with E-state index >= 15 is 0 Å². The number of esters is 3. The standard InChI is InChI=1S/C38H28O9/c1-20-10-13-24(17-29(20)39)36(42)45-32-8-5-7-27-28(32)16-23-6-4-9-33(46-37(43)25-14-11-21(2)30(40)18-25)34(23)35(27)47-38(44)26-15-12-22(3)31(41)19-26/h4-19,39-41H,1-3H3. The zero-order chi connectivity index (χ0) is 33.4. The maximum atomic E-state index is 13.5. The van der Waals surface area contributed by atoms with Crippen LogP contribution in [0, 0.1) is 20.8 Å². The first kappa shape index (κ1) is 30.7. The van der Waals surface area contributed by atoms with Gasteiger partial charge >= 0.3 is 17.9 Å². The van der Waals surface area contributed by atoms with E-state index in [1.807, 2.05) is 0 Å². The van der Waals surface area contributed by atoms with Crippen molar-refractivity contribution >= 4 is 39.5 Å². The third-order valence-electron chi connectivity index (χ3n) is 7.83. The van der Waals surface area contributed by atoms with Crippen LogP contribution >= 0.6 is 0 Å². The normalized spacial score (nSPS) is 11.0. The number of ether oxygens (including phenoxy) is 3. The smallest absolute Gasteiger partial charge is 0.343 e. The lowest BCUT2D eigenvalue weighted by Gasteiger charge is -2.17. The van der Waals surface area contributed by atoms with E-state index in [1.165, 1.54) is 36.4 Å². The van der Waals surface area contributed by atoms with E-state index in [0.717, 1.165) is 0 Å². The second kappa shape index (κ2) is 12.2. The van der Waals surface area contributed by atoms with Gasteiger partial charge in [0.1, 0.15) is 28.7 Å². The van der Waals surface area contributed by atoms with Crippen LogP contribution in [0.15, 0.2) is 97.1 Å². The molecule has 0 aliphatic heterocycles. The van der Waals surface area contributed by atoms with Gasteiger partial charge < -0.3 is 29.5 Å². The Hall–Kier alpha value is -6.35. The summed E-state index contributed by atoms with van der Waals surface area (Å²) in [6.07, 6.45) is 0. The molecule has 0 aliphatic carbocycles. The van der Waals surface area contributed by atoms with Gasteiger partial charge in [-0.3, -0.25) is 0 Å². The highest BCUT2D eigenvalue weighted by atomic mass is 16.5. The molecule has 0 aliphatic rings. The fourth-order valence-corrected chi connectivity index (χ4v) is 5.05. The molecule has 0 fully saturated rings. The Morgan fingerprint density at radius 3 is 1.45 bits per heavy atom. The minimum Gasteiger partial charge on any atom is -0.508 e. The number of carbonyl (C=O) groups excluding carboxylic acids is 3. The van der Waals surface area contributed by atoms with Gasteiger partial charge in [-0.1, -0.05) is 42.5 Å². The van der Waals surface area contributed by atoms with Crippen LogP contribution in [0.2, 0.25) is 0 Å². The van der Waals surface area contributed by atoms with Crippen LogP contribution in [0.5, 0.6) is 34.5 Å². The van der Waals surface area contributed by atoms with E-state index in [-0.39, 0.29) is 56.6 Å².